The number of thiophene rings is 1. The van der Waals surface area contributed by atoms with Crippen LogP contribution in [0.2, 0.25) is 0 Å². The minimum Gasteiger partial charge on any atom is -0.386 e. The molecule has 0 bridgehead atoms. The molecule has 3 aromatic rings. The summed E-state index contributed by atoms with van der Waals surface area (Å²) in [5.41, 5.74) is 0. The minimum atomic E-state index is -0.589. The van der Waals surface area contributed by atoms with E-state index in [4.69, 9.17) is 0 Å². The molecule has 2 aromatic heterocycles. The molecule has 138 valence electrons. The number of rotatable bonds is 8. The number of aryl methyl sites for hydroxylation is 1. The van der Waals surface area contributed by atoms with E-state index in [9.17, 15) is 5.11 Å². The number of nitrogens with zero attached hydrogens (tertiary/aromatic N) is 3. The van der Waals surface area contributed by atoms with E-state index < -0.39 is 6.10 Å². The number of aliphatic hydroxyl groups is 1. The number of hydrogen-bond acceptors (Lipinski definition) is 4. The van der Waals surface area contributed by atoms with Crippen LogP contribution in [0.5, 0.6) is 0 Å². The van der Waals surface area contributed by atoms with Gasteiger partial charge in [-0.3, -0.25) is 4.99 Å². The highest BCUT2D eigenvalue weighted by atomic mass is 32.1. The van der Waals surface area contributed by atoms with Crippen molar-refractivity contribution in [1.29, 1.82) is 0 Å². The Balaban J connectivity index is 1.52. The fourth-order valence-electron chi connectivity index (χ4n) is 2.66. The summed E-state index contributed by atoms with van der Waals surface area (Å²) < 4.78 is 3.24. The quantitative estimate of drug-likeness (QED) is 0.323. The molecule has 0 aliphatic rings. The van der Waals surface area contributed by atoms with E-state index in [-0.39, 0.29) is 0 Å². The molecule has 2 heterocycles. The van der Waals surface area contributed by atoms with Gasteiger partial charge in [0.15, 0.2) is 5.96 Å². The predicted octanol–water partition coefficient (Wildman–Crippen LogP) is 2.78. The van der Waals surface area contributed by atoms with Crippen molar-refractivity contribution in [1.82, 2.24) is 20.2 Å². The van der Waals surface area contributed by atoms with Crippen LogP contribution < -0.4 is 10.6 Å². The van der Waals surface area contributed by atoms with E-state index >= 15 is 0 Å². The maximum atomic E-state index is 10.5. The zero-order chi connectivity index (χ0) is 18.2. The topological polar surface area (TPSA) is 74.5 Å². The average Bonchev–Trinajstić information content (AvgIpc) is 3.32. The molecule has 6 nitrogen and oxygen atoms in total. The fourth-order valence-corrected chi connectivity index (χ4v) is 3.71. The predicted molar refractivity (Wildman–Crippen MR) is 108 cm³/mol. The van der Waals surface area contributed by atoms with Crippen LogP contribution in [0.1, 0.15) is 24.3 Å². The highest BCUT2D eigenvalue weighted by Gasteiger charge is 2.11. The zero-order valence-corrected chi connectivity index (χ0v) is 15.7. The van der Waals surface area contributed by atoms with Gasteiger partial charge < -0.3 is 20.3 Å². The minimum absolute atomic E-state index is 0.337. The number of benzene rings is 1. The largest absolute Gasteiger partial charge is 0.386 e. The number of aliphatic hydroxyl groups excluding tert-OH is 1. The summed E-state index contributed by atoms with van der Waals surface area (Å²) in [5, 5.41) is 18.2. The average molecular weight is 372 g/mol. The van der Waals surface area contributed by atoms with Gasteiger partial charge in [0.2, 0.25) is 0 Å². The van der Waals surface area contributed by atoms with Crippen LogP contribution in [0.3, 0.4) is 0 Å². The molecular formula is C19H25N5OS. The standard InChI is InChI=1S/C19H25N5OS/c1-2-21-19(22-8-5-10-24-11-9-20-14-24)23-13-16(25)18-12-15-6-3-4-7-17(15)26-18/h3-4,6-7,9,11-12,14,16,25H,2,5,8,10,13H2,1H3,(H2,21,22,23). The van der Waals surface area contributed by atoms with E-state index in [1.165, 1.54) is 10.1 Å². The molecule has 7 heteroatoms. The van der Waals surface area contributed by atoms with Crippen LogP contribution >= 0.6 is 11.3 Å². The summed E-state index contributed by atoms with van der Waals surface area (Å²) in [7, 11) is 0. The van der Waals surface area contributed by atoms with Gasteiger partial charge in [-0.05, 0) is 30.9 Å². The van der Waals surface area contributed by atoms with Crippen LogP contribution in [-0.2, 0) is 6.54 Å². The Bertz CT molecular complexity index is 794. The molecule has 0 radical (unpaired) electrons. The lowest BCUT2D eigenvalue weighted by molar-refractivity contribution is 0.191. The van der Waals surface area contributed by atoms with Gasteiger partial charge in [-0.1, -0.05) is 18.2 Å². The molecule has 1 aromatic carbocycles. The normalized spacial score (nSPS) is 13.1. The van der Waals surface area contributed by atoms with Crippen LogP contribution in [0.25, 0.3) is 10.1 Å². The first-order chi connectivity index (χ1) is 12.8. The second-order valence-electron chi connectivity index (χ2n) is 6.00. The summed E-state index contributed by atoms with van der Waals surface area (Å²) in [6.45, 7) is 4.88. The van der Waals surface area contributed by atoms with Gasteiger partial charge in [0.05, 0.1) is 12.9 Å². The maximum Gasteiger partial charge on any atom is 0.191 e. The molecular weight excluding hydrogens is 346 g/mol. The highest BCUT2D eigenvalue weighted by molar-refractivity contribution is 7.19. The first kappa shape index (κ1) is 18.4. The first-order valence-electron chi connectivity index (χ1n) is 8.90. The Morgan fingerprint density at radius 1 is 1.35 bits per heavy atom. The van der Waals surface area contributed by atoms with Crippen LogP contribution in [0.4, 0.5) is 0 Å². The van der Waals surface area contributed by atoms with E-state index in [0.717, 1.165) is 36.9 Å². The zero-order valence-electron chi connectivity index (χ0n) is 14.9. The monoisotopic (exact) mass is 371 g/mol. The number of guanidine groups is 1. The van der Waals surface area contributed by atoms with Crippen LogP contribution in [0, 0.1) is 0 Å². The van der Waals surface area contributed by atoms with Gasteiger partial charge in [-0.25, -0.2) is 4.98 Å². The fraction of sp³-hybridized carbons (Fsp3) is 0.368. The molecule has 0 saturated carbocycles. The summed E-state index contributed by atoms with van der Waals surface area (Å²) in [6, 6.07) is 10.2. The number of aromatic nitrogens is 2. The SMILES string of the molecule is CCNC(=NCC(O)c1cc2ccccc2s1)NCCCn1ccnc1. The Morgan fingerprint density at radius 3 is 3.00 bits per heavy atom. The van der Waals surface area contributed by atoms with E-state index in [1.54, 1.807) is 17.5 Å². The summed E-state index contributed by atoms with van der Waals surface area (Å²) in [5.74, 6) is 0.735. The lowest BCUT2D eigenvalue weighted by Crippen LogP contribution is -2.38. The Morgan fingerprint density at radius 2 is 2.23 bits per heavy atom. The van der Waals surface area contributed by atoms with Gasteiger partial charge in [0.1, 0.15) is 6.10 Å². The number of nitrogens with one attached hydrogen (secondary N) is 2. The van der Waals surface area contributed by atoms with Crippen molar-refractivity contribution in [3.05, 3.63) is 53.9 Å². The third-order valence-corrected chi connectivity index (χ3v) is 5.20. The summed E-state index contributed by atoms with van der Waals surface area (Å²) in [6.07, 6.45) is 5.95. The second-order valence-corrected chi connectivity index (χ2v) is 7.12. The second kappa shape index (κ2) is 9.35. The molecule has 0 aliphatic heterocycles. The van der Waals surface area contributed by atoms with Crippen LogP contribution in [-0.4, -0.2) is 40.3 Å². The van der Waals surface area contributed by atoms with Crippen molar-refractivity contribution in [2.24, 2.45) is 4.99 Å². The number of imidazole rings is 1. The Kier molecular flexibility index (Phi) is 6.62. The number of fused-ring (bicyclic) bond motifs is 1. The van der Waals surface area contributed by atoms with Crippen molar-refractivity contribution in [2.75, 3.05) is 19.6 Å². The number of hydrogen-bond donors (Lipinski definition) is 3. The number of aliphatic imine (C=N–C) groups is 1. The van der Waals surface area contributed by atoms with Gasteiger partial charge in [-0.2, -0.15) is 0 Å². The molecule has 0 amide bonds. The van der Waals surface area contributed by atoms with Crippen molar-refractivity contribution >= 4 is 27.4 Å². The van der Waals surface area contributed by atoms with Gasteiger partial charge in [0, 0.05) is 41.6 Å². The third kappa shape index (κ3) is 5.06. The van der Waals surface area contributed by atoms with E-state index in [2.05, 4.69) is 37.3 Å². The first-order valence-corrected chi connectivity index (χ1v) is 9.72. The summed E-state index contributed by atoms with van der Waals surface area (Å²) in [4.78, 5) is 9.51. The van der Waals surface area contributed by atoms with Crippen molar-refractivity contribution in [3.63, 3.8) is 0 Å². The van der Waals surface area contributed by atoms with Crippen LogP contribution in [0.15, 0.2) is 54.0 Å². The Labute approximate surface area is 157 Å². The highest BCUT2D eigenvalue weighted by Crippen LogP contribution is 2.29. The van der Waals surface area contributed by atoms with Crippen molar-refractivity contribution in [3.8, 4) is 0 Å². The molecule has 1 unspecified atom stereocenters. The molecule has 0 aliphatic carbocycles. The molecule has 0 spiro atoms. The molecule has 3 rings (SSSR count). The Hall–Kier alpha value is -2.38. The lowest BCUT2D eigenvalue weighted by atomic mass is 10.2. The maximum absolute atomic E-state index is 10.5. The summed E-state index contributed by atoms with van der Waals surface area (Å²) >= 11 is 1.62. The van der Waals surface area contributed by atoms with Gasteiger partial charge in [0.25, 0.3) is 0 Å². The van der Waals surface area contributed by atoms with Gasteiger partial charge in [-0.15, -0.1) is 11.3 Å². The van der Waals surface area contributed by atoms with Gasteiger partial charge >= 0.3 is 0 Å². The van der Waals surface area contributed by atoms with Crippen molar-refractivity contribution in [2.45, 2.75) is 26.0 Å². The van der Waals surface area contributed by atoms with E-state index in [0.29, 0.717) is 6.54 Å². The van der Waals surface area contributed by atoms with Crippen molar-refractivity contribution < 1.29 is 5.11 Å². The van der Waals surface area contributed by atoms with E-state index in [1.807, 2.05) is 37.6 Å². The molecule has 26 heavy (non-hydrogen) atoms. The third-order valence-electron chi connectivity index (χ3n) is 3.98. The molecule has 0 fully saturated rings. The molecule has 0 saturated heterocycles. The smallest absolute Gasteiger partial charge is 0.191 e. The lowest BCUT2D eigenvalue weighted by Gasteiger charge is -2.12. The molecule has 3 N–H and O–H groups in total. The molecule has 1 atom stereocenters.